The van der Waals surface area contributed by atoms with Crippen LogP contribution in [0, 0.1) is 6.92 Å². The number of rotatable bonds is 11. The number of benzene rings is 2. The number of amides is 1. The molecule has 2 aromatic carbocycles. The summed E-state index contributed by atoms with van der Waals surface area (Å²) in [7, 11) is 0. The maximum atomic E-state index is 11.6. The summed E-state index contributed by atoms with van der Waals surface area (Å²) in [5.41, 5.74) is 9.69. The van der Waals surface area contributed by atoms with Crippen molar-refractivity contribution in [1.82, 2.24) is 4.57 Å². The van der Waals surface area contributed by atoms with E-state index in [0.29, 0.717) is 26.2 Å². The molecule has 6 nitrogen and oxygen atoms in total. The number of carbonyl (C=O) groups is 2. The van der Waals surface area contributed by atoms with Crippen molar-refractivity contribution in [3.63, 3.8) is 0 Å². The van der Waals surface area contributed by atoms with E-state index in [0.717, 1.165) is 40.8 Å². The van der Waals surface area contributed by atoms with E-state index in [1.165, 1.54) is 5.56 Å². The number of hydrogen-bond donors (Lipinski definition) is 1. The molecular weight excluding hydrogens is 392 g/mol. The van der Waals surface area contributed by atoms with Crippen LogP contribution in [0.5, 0.6) is 5.75 Å². The average Bonchev–Trinajstić information content (AvgIpc) is 2.99. The van der Waals surface area contributed by atoms with Crippen LogP contribution in [0.2, 0.25) is 0 Å². The van der Waals surface area contributed by atoms with Gasteiger partial charge in [-0.1, -0.05) is 30.3 Å². The zero-order valence-corrected chi connectivity index (χ0v) is 18.2. The summed E-state index contributed by atoms with van der Waals surface area (Å²) < 4.78 is 13.1. The van der Waals surface area contributed by atoms with Crippen molar-refractivity contribution < 1.29 is 19.1 Å². The molecule has 0 aliphatic heterocycles. The van der Waals surface area contributed by atoms with Gasteiger partial charge in [0.2, 0.25) is 5.91 Å². The fourth-order valence-corrected chi connectivity index (χ4v) is 3.78. The normalized spacial score (nSPS) is 10.9. The summed E-state index contributed by atoms with van der Waals surface area (Å²) in [6.07, 6.45) is 2.12. The van der Waals surface area contributed by atoms with Crippen molar-refractivity contribution >= 4 is 22.8 Å². The summed E-state index contributed by atoms with van der Waals surface area (Å²) in [6.45, 7) is 5.47. The van der Waals surface area contributed by atoms with Crippen molar-refractivity contribution in [2.75, 3.05) is 13.2 Å². The highest BCUT2D eigenvalue weighted by Crippen LogP contribution is 2.30. The Morgan fingerprint density at radius 2 is 1.84 bits per heavy atom. The van der Waals surface area contributed by atoms with Crippen LogP contribution in [0.3, 0.4) is 0 Å². The zero-order chi connectivity index (χ0) is 22.2. The highest BCUT2D eigenvalue weighted by molar-refractivity contribution is 5.91. The predicted octanol–water partition coefficient (Wildman–Crippen LogP) is 4.14. The number of unbranched alkanes of at least 4 members (excludes halogenated alkanes) is 1. The first-order chi connectivity index (χ1) is 15.0. The third-order valence-electron chi connectivity index (χ3n) is 5.31. The second-order valence-corrected chi connectivity index (χ2v) is 7.57. The van der Waals surface area contributed by atoms with E-state index in [-0.39, 0.29) is 18.3 Å². The Morgan fingerprint density at radius 1 is 1.06 bits per heavy atom. The van der Waals surface area contributed by atoms with E-state index in [4.69, 9.17) is 15.2 Å². The molecule has 2 N–H and O–H groups in total. The number of nitrogens with two attached hydrogens (primary N) is 1. The molecule has 1 aromatic heterocycles. The SMILES string of the molecule is CCOC(=O)CCCCOc1ccc2c(CC(N)=O)c(C)n(Cc3ccccc3)c2c1. The number of nitrogens with zero attached hydrogens (tertiary/aromatic N) is 1. The number of hydrogen-bond acceptors (Lipinski definition) is 4. The first kappa shape index (κ1) is 22.4. The molecule has 0 saturated heterocycles. The molecule has 0 saturated carbocycles. The van der Waals surface area contributed by atoms with E-state index in [1.54, 1.807) is 6.92 Å². The van der Waals surface area contributed by atoms with E-state index < -0.39 is 0 Å². The Morgan fingerprint density at radius 3 is 2.55 bits per heavy atom. The van der Waals surface area contributed by atoms with Gasteiger partial charge in [0.1, 0.15) is 5.75 Å². The molecule has 3 aromatic rings. The summed E-state index contributed by atoms with van der Waals surface area (Å²) >= 11 is 0. The van der Waals surface area contributed by atoms with Gasteiger partial charge in [-0.3, -0.25) is 9.59 Å². The predicted molar refractivity (Wildman–Crippen MR) is 121 cm³/mol. The molecule has 3 rings (SSSR count). The minimum Gasteiger partial charge on any atom is -0.494 e. The number of aromatic nitrogens is 1. The average molecular weight is 423 g/mol. The zero-order valence-electron chi connectivity index (χ0n) is 18.2. The lowest BCUT2D eigenvalue weighted by Crippen LogP contribution is -2.14. The van der Waals surface area contributed by atoms with Crippen LogP contribution in [0.4, 0.5) is 0 Å². The standard InChI is InChI=1S/C25H30N2O4/c1-3-30-25(29)11-7-8-14-31-20-12-13-21-22(16-24(26)28)18(2)27(23(21)15-20)17-19-9-5-4-6-10-19/h4-6,9-10,12-13,15H,3,7-8,11,14,16-17H2,1-2H3,(H2,26,28). The molecule has 0 aliphatic carbocycles. The van der Waals surface area contributed by atoms with Crippen LogP contribution < -0.4 is 10.5 Å². The van der Waals surface area contributed by atoms with Crippen LogP contribution in [0.1, 0.15) is 43.0 Å². The molecule has 1 heterocycles. The molecule has 31 heavy (non-hydrogen) atoms. The Balaban J connectivity index is 1.78. The summed E-state index contributed by atoms with van der Waals surface area (Å²) in [5, 5.41) is 1.02. The Kier molecular flexibility index (Phi) is 7.70. The van der Waals surface area contributed by atoms with Crippen LogP contribution in [-0.4, -0.2) is 29.7 Å². The van der Waals surface area contributed by atoms with Gasteiger partial charge in [0.15, 0.2) is 0 Å². The number of primary amides is 1. The largest absolute Gasteiger partial charge is 0.494 e. The van der Waals surface area contributed by atoms with E-state index >= 15 is 0 Å². The molecule has 164 valence electrons. The number of carbonyl (C=O) groups excluding carboxylic acids is 2. The van der Waals surface area contributed by atoms with Crippen molar-refractivity contribution in [2.24, 2.45) is 5.73 Å². The highest BCUT2D eigenvalue weighted by Gasteiger charge is 2.17. The number of fused-ring (bicyclic) bond motifs is 1. The maximum absolute atomic E-state index is 11.6. The lowest BCUT2D eigenvalue weighted by Gasteiger charge is -2.10. The van der Waals surface area contributed by atoms with E-state index in [9.17, 15) is 9.59 Å². The van der Waals surface area contributed by atoms with Gasteiger partial charge in [-0.05, 0) is 49.9 Å². The van der Waals surface area contributed by atoms with Gasteiger partial charge in [-0.2, -0.15) is 0 Å². The minimum atomic E-state index is -0.344. The first-order valence-corrected chi connectivity index (χ1v) is 10.7. The maximum Gasteiger partial charge on any atom is 0.305 e. The molecule has 0 atom stereocenters. The van der Waals surface area contributed by atoms with Gasteiger partial charge >= 0.3 is 5.97 Å². The summed E-state index contributed by atoms with van der Waals surface area (Å²) in [6, 6.07) is 16.1. The lowest BCUT2D eigenvalue weighted by atomic mass is 10.1. The highest BCUT2D eigenvalue weighted by atomic mass is 16.5. The fourth-order valence-electron chi connectivity index (χ4n) is 3.78. The molecule has 0 aliphatic rings. The first-order valence-electron chi connectivity index (χ1n) is 10.7. The van der Waals surface area contributed by atoms with Gasteiger partial charge in [-0.25, -0.2) is 0 Å². The molecule has 0 unspecified atom stereocenters. The topological polar surface area (TPSA) is 83.6 Å². The lowest BCUT2D eigenvalue weighted by molar-refractivity contribution is -0.143. The van der Waals surface area contributed by atoms with Gasteiger partial charge in [0.25, 0.3) is 0 Å². The van der Waals surface area contributed by atoms with Gasteiger partial charge in [0, 0.05) is 30.1 Å². The van der Waals surface area contributed by atoms with Crippen LogP contribution >= 0.6 is 0 Å². The van der Waals surface area contributed by atoms with Crippen molar-refractivity contribution in [1.29, 1.82) is 0 Å². The molecule has 0 radical (unpaired) electrons. The number of esters is 1. The Bertz CT molecular complexity index is 1040. The van der Waals surface area contributed by atoms with Crippen LogP contribution in [0.25, 0.3) is 10.9 Å². The van der Waals surface area contributed by atoms with E-state index in [1.807, 2.05) is 43.3 Å². The van der Waals surface area contributed by atoms with Gasteiger partial charge < -0.3 is 19.8 Å². The molecule has 0 spiro atoms. The third kappa shape index (κ3) is 5.87. The van der Waals surface area contributed by atoms with E-state index in [2.05, 4.69) is 16.7 Å². The number of ether oxygens (including phenoxy) is 2. The van der Waals surface area contributed by atoms with Crippen molar-refractivity contribution in [3.05, 3.63) is 65.4 Å². The molecule has 0 bridgehead atoms. The minimum absolute atomic E-state index is 0.167. The van der Waals surface area contributed by atoms with Crippen LogP contribution in [-0.2, 0) is 27.3 Å². The Hall–Kier alpha value is -3.28. The quantitative estimate of drug-likeness (QED) is 0.372. The Labute approximate surface area is 182 Å². The third-order valence-corrected chi connectivity index (χ3v) is 5.31. The second kappa shape index (κ2) is 10.7. The monoisotopic (exact) mass is 422 g/mol. The summed E-state index contributed by atoms with van der Waals surface area (Å²) in [5.74, 6) is 0.255. The fraction of sp³-hybridized carbons (Fsp3) is 0.360. The summed E-state index contributed by atoms with van der Waals surface area (Å²) in [4.78, 5) is 23.1. The second-order valence-electron chi connectivity index (χ2n) is 7.57. The van der Waals surface area contributed by atoms with Gasteiger partial charge in [0.05, 0.1) is 25.2 Å². The van der Waals surface area contributed by atoms with Gasteiger partial charge in [-0.15, -0.1) is 0 Å². The molecule has 1 amide bonds. The molecule has 0 fully saturated rings. The molecule has 6 heteroatoms. The smallest absolute Gasteiger partial charge is 0.305 e. The van der Waals surface area contributed by atoms with Crippen LogP contribution in [0.15, 0.2) is 48.5 Å². The van der Waals surface area contributed by atoms with Crippen molar-refractivity contribution in [2.45, 2.75) is 46.1 Å². The molecular formula is C25H30N2O4. The van der Waals surface area contributed by atoms with Crippen molar-refractivity contribution in [3.8, 4) is 5.75 Å².